The normalized spacial score (nSPS) is 13.0. The Labute approximate surface area is 141 Å². The molecule has 1 aromatic carbocycles. The third kappa shape index (κ3) is 6.68. The molecule has 0 bridgehead atoms. The molecule has 2 atom stereocenters. The van der Waals surface area contributed by atoms with Crippen LogP contribution in [0.4, 0.5) is 4.79 Å². The molecular formula is C17H24N2O5. The second-order valence-electron chi connectivity index (χ2n) is 5.91. The van der Waals surface area contributed by atoms with Gasteiger partial charge in [0.25, 0.3) is 0 Å². The first-order valence-corrected chi connectivity index (χ1v) is 7.75. The van der Waals surface area contributed by atoms with E-state index in [1.54, 1.807) is 0 Å². The van der Waals surface area contributed by atoms with Crippen molar-refractivity contribution in [1.29, 1.82) is 0 Å². The van der Waals surface area contributed by atoms with Crippen molar-refractivity contribution in [1.82, 2.24) is 10.6 Å². The van der Waals surface area contributed by atoms with Crippen LogP contribution in [-0.2, 0) is 20.7 Å². The van der Waals surface area contributed by atoms with Crippen LogP contribution in [-0.4, -0.2) is 42.3 Å². The Morgan fingerprint density at radius 1 is 1.08 bits per heavy atom. The van der Waals surface area contributed by atoms with Gasteiger partial charge in [0, 0.05) is 6.42 Å². The number of nitrogens with one attached hydrogen (secondary N) is 2. The lowest BCUT2D eigenvalue weighted by Crippen LogP contribution is -2.52. The van der Waals surface area contributed by atoms with Crippen LogP contribution in [0.5, 0.6) is 0 Å². The van der Waals surface area contributed by atoms with E-state index in [0.717, 1.165) is 5.56 Å². The van der Waals surface area contributed by atoms with Gasteiger partial charge in [0.2, 0.25) is 5.91 Å². The fourth-order valence-corrected chi connectivity index (χ4v) is 2.31. The molecule has 7 heteroatoms. The molecule has 0 aliphatic heterocycles. The van der Waals surface area contributed by atoms with Gasteiger partial charge in [0.1, 0.15) is 12.1 Å². The number of methoxy groups -OCH3 is 1. The number of benzene rings is 1. The molecule has 0 aliphatic rings. The van der Waals surface area contributed by atoms with Gasteiger partial charge < -0.3 is 20.5 Å². The lowest BCUT2D eigenvalue weighted by Gasteiger charge is -2.22. The van der Waals surface area contributed by atoms with E-state index in [1.807, 2.05) is 44.2 Å². The van der Waals surface area contributed by atoms with Crippen molar-refractivity contribution in [2.45, 2.75) is 38.8 Å². The van der Waals surface area contributed by atoms with E-state index in [4.69, 9.17) is 9.84 Å². The molecule has 7 nitrogen and oxygen atoms in total. The van der Waals surface area contributed by atoms with E-state index in [-0.39, 0.29) is 12.3 Å². The number of amides is 2. The fourth-order valence-electron chi connectivity index (χ4n) is 2.31. The predicted octanol–water partition coefficient (Wildman–Crippen LogP) is 1.57. The van der Waals surface area contributed by atoms with Gasteiger partial charge in [-0.2, -0.15) is 0 Å². The Kier molecular flexibility index (Phi) is 7.74. The van der Waals surface area contributed by atoms with E-state index in [2.05, 4.69) is 10.6 Å². The van der Waals surface area contributed by atoms with Crippen LogP contribution in [0.15, 0.2) is 30.3 Å². The summed E-state index contributed by atoms with van der Waals surface area (Å²) in [7, 11) is 1.24. The minimum atomic E-state index is -1.28. The summed E-state index contributed by atoms with van der Waals surface area (Å²) in [5, 5.41) is 13.7. The van der Waals surface area contributed by atoms with E-state index >= 15 is 0 Å². The molecule has 0 fully saturated rings. The molecule has 0 saturated heterocycles. The molecule has 132 valence electrons. The summed E-state index contributed by atoms with van der Waals surface area (Å²) < 4.78 is 4.74. The minimum Gasteiger partial charge on any atom is -0.467 e. The van der Waals surface area contributed by atoms with E-state index in [0.29, 0.717) is 6.42 Å². The Morgan fingerprint density at radius 2 is 1.71 bits per heavy atom. The monoisotopic (exact) mass is 336 g/mol. The van der Waals surface area contributed by atoms with Crippen molar-refractivity contribution >= 4 is 18.0 Å². The molecule has 0 radical (unpaired) electrons. The van der Waals surface area contributed by atoms with Crippen LogP contribution in [0.3, 0.4) is 0 Å². The molecule has 0 heterocycles. The van der Waals surface area contributed by atoms with Crippen LogP contribution >= 0.6 is 0 Å². The zero-order valence-electron chi connectivity index (χ0n) is 14.1. The number of carbonyl (C=O) groups excluding carboxylic acids is 2. The van der Waals surface area contributed by atoms with E-state index in [9.17, 15) is 14.4 Å². The minimum absolute atomic E-state index is 0.110. The average Bonchev–Trinajstić information content (AvgIpc) is 2.52. The predicted molar refractivity (Wildman–Crippen MR) is 88.5 cm³/mol. The first-order chi connectivity index (χ1) is 11.3. The highest BCUT2D eigenvalue weighted by atomic mass is 16.5. The number of ether oxygens (including phenoxy) is 1. The van der Waals surface area contributed by atoms with Crippen LogP contribution in [0.2, 0.25) is 0 Å². The van der Waals surface area contributed by atoms with E-state index < -0.39 is 30.1 Å². The van der Waals surface area contributed by atoms with Crippen LogP contribution < -0.4 is 10.6 Å². The highest BCUT2D eigenvalue weighted by Gasteiger charge is 2.27. The number of carbonyl (C=O) groups is 3. The maximum Gasteiger partial charge on any atom is 0.405 e. The molecule has 2 amide bonds. The highest BCUT2D eigenvalue weighted by molar-refractivity contribution is 5.89. The van der Waals surface area contributed by atoms with Crippen molar-refractivity contribution in [2.75, 3.05) is 7.11 Å². The SMILES string of the molecule is COC(=O)[C@H](Cc1ccccc1)NC(=O)[C@H](CC(C)C)NC(=O)O. The topological polar surface area (TPSA) is 105 Å². The lowest BCUT2D eigenvalue weighted by molar-refractivity contribution is -0.145. The first kappa shape index (κ1) is 19.5. The molecule has 1 rings (SSSR count). The van der Waals surface area contributed by atoms with Crippen LogP contribution in [0, 0.1) is 5.92 Å². The third-order valence-corrected chi connectivity index (χ3v) is 3.41. The number of hydrogen-bond acceptors (Lipinski definition) is 4. The van der Waals surface area contributed by atoms with Gasteiger partial charge in [-0.3, -0.25) is 4.79 Å². The summed E-state index contributed by atoms with van der Waals surface area (Å²) in [5.74, 6) is -1.01. The number of carboxylic acid groups (broad SMARTS) is 1. The second-order valence-corrected chi connectivity index (χ2v) is 5.91. The van der Waals surface area contributed by atoms with Crippen molar-refractivity contribution < 1.29 is 24.2 Å². The smallest absolute Gasteiger partial charge is 0.405 e. The maximum atomic E-state index is 12.4. The molecule has 0 aliphatic carbocycles. The van der Waals surface area contributed by atoms with Gasteiger partial charge in [-0.25, -0.2) is 9.59 Å². The van der Waals surface area contributed by atoms with Crippen LogP contribution in [0.25, 0.3) is 0 Å². The molecule has 24 heavy (non-hydrogen) atoms. The summed E-state index contributed by atoms with van der Waals surface area (Å²) in [5.41, 5.74) is 0.861. The summed E-state index contributed by atoms with van der Waals surface area (Å²) in [6.45, 7) is 3.76. The second kappa shape index (κ2) is 9.54. The summed E-state index contributed by atoms with van der Waals surface area (Å²) >= 11 is 0. The molecule has 0 saturated carbocycles. The largest absolute Gasteiger partial charge is 0.467 e. The quantitative estimate of drug-likeness (QED) is 0.625. The van der Waals surface area contributed by atoms with Gasteiger partial charge >= 0.3 is 12.1 Å². The highest BCUT2D eigenvalue weighted by Crippen LogP contribution is 2.08. The zero-order chi connectivity index (χ0) is 18.1. The number of hydrogen-bond donors (Lipinski definition) is 3. The third-order valence-electron chi connectivity index (χ3n) is 3.41. The molecule has 0 spiro atoms. The average molecular weight is 336 g/mol. The summed E-state index contributed by atoms with van der Waals surface area (Å²) in [6.07, 6.45) is -0.688. The van der Waals surface area contributed by atoms with Crippen LogP contribution in [0.1, 0.15) is 25.8 Å². The zero-order valence-corrected chi connectivity index (χ0v) is 14.1. The van der Waals surface area contributed by atoms with Crippen molar-refractivity contribution in [3.05, 3.63) is 35.9 Å². The van der Waals surface area contributed by atoms with Crippen molar-refractivity contribution in [3.63, 3.8) is 0 Å². The Bertz CT molecular complexity index is 559. The van der Waals surface area contributed by atoms with Gasteiger partial charge in [-0.1, -0.05) is 44.2 Å². The van der Waals surface area contributed by atoms with E-state index in [1.165, 1.54) is 7.11 Å². The molecule has 0 aromatic heterocycles. The molecule has 3 N–H and O–H groups in total. The number of esters is 1. The van der Waals surface area contributed by atoms with Crippen molar-refractivity contribution in [2.24, 2.45) is 5.92 Å². The van der Waals surface area contributed by atoms with Gasteiger partial charge in [0.15, 0.2) is 0 Å². The van der Waals surface area contributed by atoms with Gasteiger partial charge in [0.05, 0.1) is 7.11 Å². The molecule has 0 unspecified atom stereocenters. The maximum absolute atomic E-state index is 12.4. The summed E-state index contributed by atoms with van der Waals surface area (Å²) in [4.78, 5) is 35.2. The lowest BCUT2D eigenvalue weighted by atomic mass is 10.0. The first-order valence-electron chi connectivity index (χ1n) is 7.75. The summed E-state index contributed by atoms with van der Waals surface area (Å²) in [6, 6.07) is 7.38. The van der Waals surface area contributed by atoms with Gasteiger partial charge in [-0.05, 0) is 17.9 Å². The fraction of sp³-hybridized carbons (Fsp3) is 0.471. The number of rotatable bonds is 8. The molecule has 1 aromatic rings. The Hall–Kier alpha value is -2.57. The Balaban J connectivity index is 2.84. The Morgan fingerprint density at radius 3 is 2.21 bits per heavy atom. The molecular weight excluding hydrogens is 312 g/mol. The van der Waals surface area contributed by atoms with Crippen molar-refractivity contribution in [3.8, 4) is 0 Å². The van der Waals surface area contributed by atoms with Gasteiger partial charge in [-0.15, -0.1) is 0 Å². The standard InChI is InChI=1S/C17H24N2O5/c1-11(2)9-13(19-17(22)23)15(20)18-14(16(21)24-3)10-12-7-5-4-6-8-12/h4-8,11,13-14,19H,9-10H2,1-3H3,(H,18,20)(H,22,23)/t13-,14-/m0/s1.